The van der Waals surface area contributed by atoms with Crippen molar-refractivity contribution in [2.45, 2.75) is 68.7 Å². The number of hydrogen-bond donors (Lipinski definition) is 3. The molecule has 0 aliphatic carbocycles. The number of fused-ring (bicyclic) bond motifs is 10. The lowest BCUT2D eigenvalue weighted by Gasteiger charge is -2.08. The smallest absolute Gasteiger partial charge is 0.146 e. The van der Waals surface area contributed by atoms with Crippen LogP contribution < -0.4 is 21.5 Å². The van der Waals surface area contributed by atoms with E-state index in [1.54, 1.807) is 61.4 Å². The van der Waals surface area contributed by atoms with Crippen LogP contribution in [0.2, 0.25) is 0 Å². The number of hydrogen-bond acceptors (Lipinski definition) is 21. The lowest BCUT2D eigenvalue weighted by atomic mass is 10.1. The Balaban J connectivity index is 0.000000108. The van der Waals surface area contributed by atoms with Crippen molar-refractivity contribution in [3.8, 4) is 29.0 Å². The number of anilines is 4. The van der Waals surface area contributed by atoms with Gasteiger partial charge in [-0.2, -0.15) is 0 Å². The number of nitrogens with one attached hydrogen (secondary N) is 1. The molecule has 0 unspecified atom stereocenters. The highest BCUT2D eigenvalue weighted by Gasteiger charge is 2.15. The summed E-state index contributed by atoms with van der Waals surface area (Å²) in [7, 11) is 1.67. The minimum absolute atomic E-state index is 0.145. The van der Waals surface area contributed by atoms with E-state index in [1.807, 2.05) is 326 Å². The fourth-order valence-electron chi connectivity index (χ4n) is 15.8. The van der Waals surface area contributed by atoms with Crippen LogP contribution in [0.1, 0.15) is 72.9 Å². The Bertz CT molecular complexity index is 8710. The van der Waals surface area contributed by atoms with E-state index in [0.717, 1.165) is 206 Å². The molecule has 140 heavy (non-hydrogen) atoms. The maximum absolute atomic E-state index is 13.7. The monoisotopic (exact) mass is 1860 g/mol. The third-order valence-electron chi connectivity index (χ3n) is 23.0. The molecule has 0 fully saturated rings. The van der Waals surface area contributed by atoms with Crippen LogP contribution >= 0.6 is 11.3 Å². The molecule has 0 amide bonds. The number of halogens is 2. The lowest BCUT2D eigenvalue weighted by Crippen LogP contribution is -1.98. The summed E-state index contributed by atoms with van der Waals surface area (Å²) < 4.78 is 41.4. The van der Waals surface area contributed by atoms with E-state index in [0.29, 0.717) is 11.2 Å². The van der Waals surface area contributed by atoms with Gasteiger partial charge in [0.15, 0.2) is 0 Å². The molecule has 688 valence electrons. The zero-order chi connectivity index (χ0) is 96.9. The molecule has 0 aliphatic rings. The van der Waals surface area contributed by atoms with Crippen LogP contribution in [-0.2, 0) is 6.42 Å². The first-order valence-electron chi connectivity index (χ1n) is 45.1. The highest BCUT2D eigenvalue weighted by molar-refractivity contribution is 7.19. The Morgan fingerprint density at radius 1 is 0.357 bits per heavy atom. The van der Waals surface area contributed by atoms with Gasteiger partial charge < -0.3 is 21.5 Å². The van der Waals surface area contributed by atoms with E-state index in [9.17, 15) is 8.78 Å². The second kappa shape index (κ2) is 41.9. The maximum Gasteiger partial charge on any atom is 0.146 e. The predicted octanol–water partition coefficient (Wildman–Crippen LogP) is 25.2. The molecule has 20 heterocycles. The van der Waals surface area contributed by atoms with Crippen molar-refractivity contribution in [2.24, 2.45) is 0 Å². The van der Waals surface area contributed by atoms with Crippen molar-refractivity contribution in [3.63, 3.8) is 0 Å². The minimum Gasteiger partial charge on any atom is -0.497 e. The van der Waals surface area contributed by atoms with Crippen LogP contribution in [0, 0.1) is 73.9 Å². The number of nitrogens with zero attached hydrogens (tertiary/aromatic N) is 20. The van der Waals surface area contributed by atoms with E-state index in [-0.39, 0.29) is 11.5 Å². The summed E-state index contributed by atoms with van der Waals surface area (Å²) in [6, 6.07) is 73.6. The standard InChI is InChI=1S/C18H16N2OS.C17H13FN4.C17H12FN3.C17H14N4.C16H15N3.C14H12N4.C14H13N3/c1-13-7-8-14(12-19-13)5-3-4-6-18-20-16-10-9-15(21-2)11-17(16)22-18;1-10-6-11-4-5-22(15(11)9-20-10)16-7-13-12(8-21-16)2-3-14(18)17(13)19;1-11-6-12-4-5-21(16(12)10-19-11)17-8-14-7-15(18)3-2-13(14)9-20-17;1-11-7-12-5-6-21(16(12)10-19-11)17-8-14-13(9-20-17)3-2-4-15(14)18;1-11-3-5-16-15(18-11)6-4-14(19-16)10-13-7-8-17-12(2)9-13;1-10-9-11(6-8-15-10)17-14-5-4-12-13(18-14)3-2-7-16-12;1-10-3-4-14(16-8-10)17-6-5-12-7-11(2)15-9-13(12)17/h3-12H,1-2H3;2-9H,19H2,1H3;2-10H,1H3;2-10H,18H2,1H3;3-9H,10H2,1-2H3;2-9H,1H3,(H,15,17,18);3-9H,1-2H3/b5-3+,6-4+;;;;;;. The van der Waals surface area contributed by atoms with Gasteiger partial charge in [0, 0.05) is 192 Å². The molecule has 0 radical (unpaired) electrons. The van der Waals surface area contributed by atoms with Gasteiger partial charge in [-0.3, -0.25) is 68.1 Å². The number of thiazole rings is 1. The zero-order valence-electron chi connectivity index (χ0n) is 78.4. The fourth-order valence-corrected chi connectivity index (χ4v) is 16.7. The van der Waals surface area contributed by atoms with Gasteiger partial charge >= 0.3 is 0 Å². The highest BCUT2D eigenvalue weighted by Crippen LogP contribution is 2.33. The number of rotatable bonds is 12. The van der Waals surface area contributed by atoms with Crippen LogP contribution in [-0.4, -0.2) is 105 Å². The Morgan fingerprint density at radius 2 is 0.907 bits per heavy atom. The van der Waals surface area contributed by atoms with E-state index in [2.05, 4.69) is 132 Å². The van der Waals surface area contributed by atoms with Crippen LogP contribution in [0.4, 0.5) is 31.7 Å². The van der Waals surface area contributed by atoms with Crippen molar-refractivity contribution < 1.29 is 13.5 Å². The molecule has 0 saturated heterocycles. The number of nitrogen functional groups attached to an aromatic ring is 2. The lowest BCUT2D eigenvalue weighted by molar-refractivity contribution is 0.415. The molecule has 0 aliphatic heterocycles. The normalized spacial score (nSPS) is 11.2. The molecule has 24 aromatic rings. The van der Waals surface area contributed by atoms with Crippen LogP contribution in [0.15, 0.2) is 342 Å². The molecule has 0 spiro atoms. The average Bonchev–Trinajstić information content (AvgIpc) is 1.59. The minimum atomic E-state index is -0.417. The Labute approximate surface area is 809 Å². The first-order valence-corrected chi connectivity index (χ1v) is 45.9. The highest BCUT2D eigenvalue weighted by atomic mass is 32.1. The van der Waals surface area contributed by atoms with Crippen molar-refractivity contribution in [3.05, 3.63) is 426 Å². The summed E-state index contributed by atoms with van der Waals surface area (Å²) in [5, 5.41) is 14.1. The number of benzene rings is 4. The van der Waals surface area contributed by atoms with E-state index >= 15 is 0 Å². The molecule has 27 heteroatoms. The molecular weight excluding hydrogens is 1770 g/mol. The summed E-state index contributed by atoms with van der Waals surface area (Å²) in [5.41, 5.74) is 35.2. The van der Waals surface area contributed by atoms with Crippen molar-refractivity contribution in [1.82, 2.24) is 98.0 Å². The molecule has 20 aromatic heterocycles. The van der Waals surface area contributed by atoms with Gasteiger partial charge in [-0.15, -0.1) is 11.3 Å². The number of pyridine rings is 15. The predicted molar refractivity (Wildman–Crippen MR) is 561 cm³/mol. The largest absolute Gasteiger partial charge is 0.497 e. The van der Waals surface area contributed by atoms with Crippen molar-refractivity contribution in [1.29, 1.82) is 0 Å². The molecule has 5 N–H and O–H groups in total. The second-order valence-corrected chi connectivity index (χ2v) is 34.6. The topological polar surface area (TPSA) is 299 Å². The van der Waals surface area contributed by atoms with Gasteiger partial charge in [-0.25, -0.2) is 38.7 Å². The SMILES string of the molecule is COc1ccc2nc(/C=C/C=C/c3ccc(C)nc3)sc2c1.Cc1cc(Cc2ccc3nc(C)ccc3n2)ccn1.Cc1cc(Nc2ccc3ncccc3n2)ccn1.Cc1cc2ccn(-c3cc4c(N)c(F)ccc4cn3)c2cn1.Cc1cc2ccn(-c3cc4c(N)cccc4cn3)c2cn1.Cc1cc2ccn(-c3cc4cc(F)ccc4cn3)c2cn1.Cc1ccc(-n2ccc3cc(C)ncc32)nc1. The fraction of sp³-hybridized carbons (Fsp3) is 0.0973. The molecular formula is C113H95F2N23OS. The Kier molecular flexibility index (Phi) is 27.7. The van der Waals surface area contributed by atoms with E-state index in [1.165, 1.54) is 34.7 Å². The summed E-state index contributed by atoms with van der Waals surface area (Å²) in [6.07, 6.45) is 38.7. The van der Waals surface area contributed by atoms with Crippen molar-refractivity contribution >= 4 is 155 Å². The van der Waals surface area contributed by atoms with Crippen molar-refractivity contribution in [2.75, 3.05) is 23.9 Å². The molecule has 24 rings (SSSR count). The molecule has 4 aromatic carbocycles. The molecule has 24 nitrogen and oxygen atoms in total. The van der Waals surface area contributed by atoms with Crippen LogP contribution in [0.25, 0.3) is 144 Å². The van der Waals surface area contributed by atoms with Gasteiger partial charge in [-0.1, -0.05) is 42.5 Å². The van der Waals surface area contributed by atoms with Crippen LogP contribution in [0.3, 0.4) is 0 Å². The Morgan fingerprint density at radius 3 is 1.54 bits per heavy atom. The Hall–Kier alpha value is -18.0. The molecule has 0 atom stereocenters. The van der Waals surface area contributed by atoms with Gasteiger partial charge in [0.05, 0.1) is 91.9 Å². The van der Waals surface area contributed by atoms with Gasteiger partial charge in [-0.05, 0) is 297 Å². The third-order valence-corrected chi connectivity index (χ3v) is 23.9. The maximum atomic E-state index is 13.7. The first-order chi connectivity index (χ1) is 68.0. The first kappa shape index (κ1) is 92.5. The summed E-state index contributed by atoms with van der Waals surface area (Å²) >= 11 is 1.65. The summed E-state index contributed by atoms with van der Waals surface area (Å²) in [6.45, 7) is 17.9. The molecule has 0 bridgehead atoms. The number of allylic oxidation sites excluding steroid dienone is 2. The van der Waals surface area contributed by atoms with Gasteiger partial charge in [0.1, 0.15) is 51.5 Å². The quantitative estimate of drug-likeness (QED) is 0.0756. The van der Waals surface area contributed by atoms with Crippen LogP contribution in [0.5, 0.6) is 5.75 Å². The summed E-state index contributed by atoms with van der Waals surface area (Å²) in [4.78, 5) is 70.3. The number of aromatic nitrogens is 20. The number of methoxy groups -OCH3 is 1. The third kappa shape index (κ3) is 22.2. The molecule has 0 saturated carbocycles. The number of nitrogens with two attached hydrogens (primary N) is 2. The zero-order valence-corrected chi connectivity index (χ0v) is 79.2. The summed E-state index contributed by atoms with van der Waals surface area (Å²) in [5.74, 6) is 4.23. The van der Waals surface area contributed by atoms with Gasteiger partial charge in [0.25, 0.3) is 0 Å². The average molecular weight is 1860 g/mol. The number of aryl methyl sites for hydroxylation is 9. The van der Waals surface area contributed by atoms with E-state index in [4.69, 9.17) is 16.2 Å². The van der Waals surface area contributed by atoms with E-state index < -0.39 is 5.82 Å². The second-order valence-electron chi connectivity index (χ2n) is 33.5. The van der Waals surface area contributed by atoms with Gasteiger partial charge in [0.2, 0.25) is 0 Å². The number of ether oxygens (including phenoxy) is 1.